The molecule has 4 rings (SSSR count). The molecule has 1 fully saturated rings. The fourth-order valence-electron chi connectivity index (χ4n) is 3.62. The van der Waals surface area contributed by atoms with Crippen molar-refractivity contribution in [1.29, 1.82) is 0 Å². The molecule has 0 unspecified atom stereocenters. The Balaban J connectivity index is 1.43. The molecule has 1 aromatic carbocycles. The molecule has 1 saturated heterocycles. The molecular weight excluding hydrogens is 384 g/mol. The lowest BCUT2D eigenvalue weighted by Crippen LogP contribution is -2.36. The molecule has 0 saturated carbocycles. The van der Waals surface area contributed by atoms with Crippen LogP contribution in [-0.2, 0) is 13.1 Å². The Labute approximate surface area is 156 Å². The van der Waals surface area contributed by atoms with Crippen LogP contribution in [0.3, 0.4) is 0 Å². The molecule has 2 aliphatic heterocycles. The van der Waals surface area contributed by atoms with E-state index in [0.717, 1.165) is 61.8 Å². The van der Waals surface area contributed by atoms with Crippen LogP contribution in [0.4, 0.5) is 0 Å². The first-order valence-corrected chi connectivity index (χ1v) is 9.70. The highest BCUT2D eigenvalue weighted by atomic mass is 79.9. The molecule has 0 spiro atoms. The Hall–Kier alpha value is -1.60. The normalized spacial score (nSPS) is 21.1. The number of halogens is 1. The Kier molecular flexibility index (Phi) is 5.22. The van der Waals surface area contributed by atoms with Gasteiger partial charge < -0.3 is 9.47 Å². The highest BCUT2D eigenvalue weighted by Crippen LogP contribution is 2.36. The van der Waals surface area contributed by atoms with Crippen LogP contribution < -0.4 is 9.47 Å². The Morgan fingerprint density at radius 1 is 1.16 bits per heavy atom. The van der Waals surface area contributed by atoms with Gasteiger partial charge in [-0.1, -0.05) is 15.9 Å². The topological polar surface area (TPSA) is 52.4 Å². The van der Waals surface area contributed by atoms with Crippen LogP contribution in [-0.4, -0.2) is 46.0 Å². The second-order valence-electron chi connectivity index (χ2n) is 6.80. The van der Waals surface area contributed by atoms with Crippen LogP contribution in [0.25, 0.3) is 0 Å². The molecule has 0 bridgehead atoms. The summed E-state index contributed by atoms with van der Waals surface area (Å²) in [6.07, 6.45) is 6.81. The monoisotopic (exact) mass is 406 g/mol. The number of hydrogen-bond donors (Lipinski definition) is 0. The summed E-state index contributed by atoms with van der Waals surface area (Å²) in [5, 5.41) is 4.24. The van der Waals surface area contributed by atoms with Crippen LogP contribution in [0.1, 0.15) is 24.8 Å². The molecule has 7 heteroatoms. The first kappa shape index (κ1) is 16.8. The van der Waals surface area contributed by atoms with E-state index < -0.39 is 0 Å². The highest BCUT2D eigenvalue weighted by molar-refractivity contribution is 9.10. The number of likely N-dealkylation sites (tertiary alicyclic amines) is 1. The van der Waals surface area contributed by atoms with Gasteiger partial charge in [-0.2, -0.15) is 5.10 Å². The van der Waals surface area contributed by atoms with Crippen molar-refractivity contribution in [3.05, 3.63) is 34.8 Å². The van der Waals surface area contributed by atoms with Gasteiger partial charge in [-0.15, -0.1) is 0 Å². The van der Waals surface area contributed by atoms with Gasteiger partial charge in [-0.25, -0.2) is 4.98 Å². The summed E-state index contributed by atoms with van der Waals surface area (Å²) in [5.41, 5.74) is 1.26. The largest absolute Gasteiger partial charge is 0.490 e. The van der Waals surface area contributed by atoms with Gasteiger partial charge >= 0.3 is 0 Å². The molecule has 1 atom stereocenters. The summed E-state index contributed by atoms with van der Waals surface area (Å²) in [6, 6.07) is 4.18. The third kappa shape index (κ3) is 4.15. The summed E-state index contributed by atoms with van der Waals surface area (Å²) >= 11 is 3.71. The van der Waals surface area contributed by atoms with Gasteiger partial charge in [0.1, 0.15) is 12.7 Å². The van der Waals surface area contributed by atoms with Gasteiger partial charge in [0, 0.05) is 30.5 Å². The van der Waals surface area contributed by atoms with Gasteiger partial charge in [0.2, 0.25) is 0 Å². The van der Waals surface area contributed by atoms with Gasteiger partial charge in [-0.05, 0) is 43.0 Å². The Morgan fingerprint density at radius 2 is 2.00 bits per heavy atom. The SMILES string of the molecule is Brc1cc2c(cc1CN1CCC[C@@H](Cn3cncn3)C1)OCCCO2. The lowest BCUT2D eigenvalue weighted by Gasteiger charge is -2.33. The van der Waals surface area contributed by atoms with Crippen LogP contribution in [0.15, 0.2) is 29.3 Å². The zero-order valence-electron chi connectivity index (χ0n) is 14.2. The predicted octanol–water partition coefficient (Wildman–Crippen LogP) is 3.11. The van der Waals surface area contributed by atoms with Gasteiger partial charge in [0.25, 0.3) is 0 Å². The Morgan fingerprint density at radius 3 is 2.80 bits per heavy atom. The predicted molar refractivity (Wildman–Crippen MR) is 97.8 cm³/mol. The van der Waals surface area contributed by atoms with Crippen LogP contribution in [0, 0.1) is 5.92 Å². The first-order chi connectivity index (χ1) is 12.3. The number of benzene rings is 1. The number of hydrogen-bond acceptors (Lipinski definition) is 5. The first-order valence-electron chi connectivity index (χ1n) is 8.91. The van der Waals surface area contributed by atoms with E-state index in [1.807, 2.05) is 10.7 Å². The summed E-state index contributed by atoms with van der Waals surface area (Å²) in [7, 11) is 0. The number of piperidine rings is 1. The molecular formula is C18H23BrN4O2. The van der Waals surface area contributed by atoms with E-state index in [-0.39, 0.29) is 0 Å². The van der Waals surface area contributed by atoms with E-state index in [1.165, 1.54) is 18.4 Å². The van der Waals surface area contributed by atoms with E-state index in [0.29, 0.717) is 5.92 Å². The second kappa shape index (κ2) is 7.74. The zero-order chi connectivity index (χ0) is 17.1. The van der Waals surface area contributed by atoms with E-state index in [2.05, 4.69) is 37.0 Å². The third-order valence-corrected chi connectivity index (χ3v) is 5.56. The highest BCUT2D eigenvalue weighted by Gasteiger charge is 2.22. The molecule has 2 aromatic rings. The molecule has 134 valence electrons. The number of rotatable bonds is 4. The maximum absolute atomic E-state index is 5.84. The average molecular weight is 407 g/mol. The maximum atomic E-state index is 5.84. The van der Waals surface area contributed by atoms with E-state index in [9.17, 15) is 0 Å². The van der Waals surface area contributed by atoms with Crippen LogP contribution >= 0.6 is 15.9 Å². The molecule has 3 heterocycles. The van der Waals surface area contributed by atoms with Crippen molar-refractivity contribution in [2.75, 3.05) is 26.3 Å². The fraction of sp³-hybridized carbons (Fsp3) is 0.556. The molecule has 0 N–H and O–H groups in total. The van der Waals surface area contributed by atoms with Gasteiger partial charge in [-0.3, -0.25) is 9.58 Å². The van der Waals surface area contributed by atoms with Gasteiger partial charge in [0.15, 0.2) is 11.5 Å². The van der Waals surface area contributed by atoms with E-state index in [4.69, 9.17) is 9.47 Å². The smallest absolute Gasteiger partial charge is 0.162 e. The quantitative estimate of drug-likeness (QED) is 0.780. The minimum Gasteiger partial charge on any atom is -0.490 e. The standard InChI is InChI=1S/C18H23BrN4O2/c19-16-8-18-17(24-5-2-6-25-18)7-15(16)11-22-4-1-3-14(9-22)10-23-13-20-12-21-23/h7-8,12-14H,1-6,9-11H2/t14-/m1/s1. The van der Waals surface area contributed by atoms with Crippen molar-refractivity contribution < 1.29 is 9.47 Å². The van der Waals surface area contributed by atoms with Crippen molar-refractivity contribution in [3.8, 4) is 11.5 Å². The van der Waals surface area contributed by atoms with Crippen molar-refractivity contribution in [3.63, 3.8) is 0 Å². The molecule has 1 aromatic heterocycles. The Bertz CT molecular complexity index is 707. The van der Waals surface area contributed by atoms with Gasteiger partial charge in [0.05, 0.1) is 13.2 Å². The average Bonchev–Trinajstić information content (AvgIpc) is 3.01. The lowest BCUT2D eigenvalue weighted by atomic mass is 9.97. The minimum absolute atomic E-state index is 0.620. The summed E-state index contributed by atoms with van der Waals surface area (Å²) < 4.78 is 14.6. The minimum atomic E-state index is 0.620. The molecule has 6 nitrogen and oxygen atoms in total. The number of fused-ring (bicyclic) bond motifs is 1. The number of nitrogens with zero attached hydrogens (tertiary/aromatic N) is 4. The molecule has 0 amide bonds. The maximum Gasteiger partial charge on any atom is 0.162 e. The zero-order valence-corrected chi connectivity index (χ0v) is 15.8. The number of aromatic nitrogens is 3. The van der Waals surface area contributed by atoms with Crippen LogP contribution in [0.5, 0.6) is 11.5 Å². The van der Waals surface area contributed by atoms with E-state index in [1.54, 1.807) is 12.7 Å². The molecule has 0 radical (unpaired) electrons. The molecule has 25 heavy (non-hydrogen) atoms. The van der Waals surface area contributed by atoms with Crippen molar-refractivity contribution in [2.45, 2.75) is 32.4 Å². The number of ether oxygens (including phenoxy) is 2. The summed E-state index contributed by atoms with van der Waals surface area (Å²) in [6.45, 7) is 5.52. The summed E-state index contributed by atoms with van der Waals surface area (Å²) in [5.74, 6) is 2.33. The molecule has 2 aliphatic rings. The summed E-state index contributed by atoms with van der Waals surface area (Å²) in [4.78, 5) is 6.56. The van der Waals surface area contributed by atoms with Crippen molar-refractivity contribution >= 4 is 15.9 Å². The molecule has 0 aliphatic carbocycles. The van der Waals surface area contributed by atoms with Crippen molar-refractivity contribution in [1.82, 2.24) is 19.7 Å². The van der Waals surface area contributed by atoms with Crippen LogP contribution in [0.2, 0.25) is 0 Å². The van der Waals surface area contributed by atoms with E-state index >= 15 is 0 Å². The third-order valence-electron chi connectivity index (χ3n) is 4.83. The second-order valence-corrected chi connectivity index (χ2v) is 7.66. The lowest BCUT2D eigenvalue weighted by molar-refractivity contribution is 0.153. The van der Waals surface area contributed by atoms with Crippen molar-refractivity contribution in [2.24, 2.45) is 5.92 Å². The fourth-order valence-corrected chi connectivity index (χ4v) is 4.07.